The molecule has 15 heteroatoms. The van der Waals surface area contributed by atoms with Gasteiger partial charge in [0.1, 0.15) is 11.3 Å². The third-order valence-electron chi connectivity index (χ3n) is 4.61. The van der Waals surface area contributed by atoms with Gasteiger partial charge in [0.2, 0.25) is 11.9 Å². The summed E-state index contributed by atoms with van der Waals surface area (Å²) >= 11 is 0. The van der Waals surface area contributed by atoms with Gasteiger partial charge in [-0.2, -0.15) is 4.98 Å². The number of nitrogens with two attached hydrogens (primary N) is 1. The molecule has 0 spiro atoms. The number of oxazole rings is 1. The van der Waals surface area contributed by atoms with E-state index in [1.54, 1.807) is 43.5 Å². The summed E-state index contributed by atoms with van der Waals surface area (Å²) in [7, 11) is -3.85. The number of fused-ring (bicyclic) bond motifs is 1. The SMILES string of the molecule is COP(=O)([O-])On1c(=O)oc2ccc(Nc3nc(Nc4ccc(C(N)=O)cc4)ncc3C)cc21.[Na+]. The number of carbonyl (C=O) groups is 1. The van der Waals surface area contributed by atoms with Crippen LogP contribution in [0.5, 0.6) is 0 Å². The van der Waals surface area contributed by atoms with Crippen molar-refractivity contribution in [1.29, 1.82) is 0 Å². The van der Waals surface area contributed by atoms with Crippen molar-refractivity contribution in [1.82, 2.24) is 14.7 Å². The Morgan fingerprint density at radius 2 is 1.86 bits per heavy atom. The number of benzene rings is 2. The third kappa shape index (κ3) is 6.09. The molecule has 0 saturated heterocycles. The first-order valence-electron chi connectivity index (χ1n) is 9.65. The van der Waals surface area contributed by atoms with E-state index >= 15 is 0 Å². The number of hydrogen-bond acceptors (Lipinski definition) is 11. The Morgan fingerprint density at radius 1 is 1.17 bits per heavy atom. The van der Waals surface area contributed by atoms with E-state index in [0.29, 0.717) is 33.0 Å². The first-order chi connectivity index (χ1) is 16.1. The average Bonchev–Trinajstić information content (AvgIpc) is 3.10. The Kier molecular flexibility index (Phi) is 8.00. The molecular formula is C20H18N6NaO7P. The quantitative estimate of drug-likeness (QED) is 0.192. The second-order valence-corrected chi connectivity index (χ2v) is 8.40. The second kappa shape index (κ2) is 10.6. The summed E-state index contributed by atoms with van der Waals surface area (Å²) in [6.07, 6.45) is 1.59. The molecule has 0 radical (unpaired) electrons. The summed E-state index contributed by atoms with van der Waals surface area (Å²) < 4.78 is 26.0. The number of hydrogen-bond donors (Lipinski definition) is 3. The van der Waals surface area contributed by atoms with Gasteiger partial charge in [-0.25, -0.2) is 9.78 Å². The molecular weight excluding hydrogens is 490 g/mol. The molecule has 4 rings (SSSR count). The zero-order valence-corrected chi connectivity index (χ0v) is 21.7. The summed E-state index contributed by atoms with van der Waals surface area (Å²) in [4.78, 5) is 43.5. The minimum atomic E-state index is -4.75. The monoisotopic (exact) mass is 508 g/mol. The number of anilines is 4. The van der Waals surface area contributed by atoms with Crippen LogP contribution in [0.1, 0.15) is 15.9 Å². The molecule has 35 heavy (non-hydrogen) atoms. The van der Waals surface area contributed by atoms with E-state index in [2.05, 4.69) is 29.7 Å². The zero-order valence-electron chi connectivity index (χ0n) is 18.8. The molecule has 176 valence electrons. The van der Waals surface area contributed by atoms with E-state index < -0.39 is 19.5 Å². The molecule has 4 aromatic rings. The second-order valence-electron chi connectivity index (χ2n) is 6.97. The van der Waals surface area contributed by atoms with Gasteiger partial charge in [-0.3, -0.25) is 9.36 Å². The molecule has 2 aromatic heterocycles. The summed E-state index contributed by atoms with van der Waals surface area (Å²) in [6, 6.07) is 11.0. The minimum absolute atomic E-state index is 0. The van der Waals surface area contributed by atoms with E-state index in [4.69, 9.17) is 10.2 Å². The van der Waals surface area contributed by atoms with Gasteiger partial charge in [-0.1, -0.05) is 0 Å². The molecule has 13 nitrogen and oxygen atoms in total. The first-order valence-corrected chi connectivity index (χ1v) is 11.1. The minimum Gasteiger partial charge on any atom is -0.745 e. The van der Waals surface area contributed by atoms with E-state index in [1.165, 1.54) is 12.1 Å². The van der Waals surface area contributed by atoms with Crippen LogP contribution in [0.25, 0.3) is 11.1 Å². The molecule has 1 amide bonds. The van der Waals surface area contributed by atoms with Crippen LogP contribution < -0.4 is 61.2 Å². The van der Waals surface area contributed by atoms with E-state index in [0.717, 1.165) is 7.11 Å². The van der Waals surface area contributed by atoms with Crippen LogP contribution in [0, 0.1) is 6.92 Å². The fourth-order valence-electron chi connectivity index (χ4n) is 2.90. The van der Waals surface area contributed by atoms with Crippen molar-refractivity contribution < 1.29 is 57.4 Å². The molecule has 0 aliphatic carbocycles. The van der Waals surface area contributed by atoms with Crippen molar-refractivity contribution in [3.05, 3.63) is 70.3 Å². The van der Waals surface area contributed by atoms with Crippen molar-refractivity contribution in [2.45, 2.75) is 6.92 Å². The van der Waals surface area contributed by atoms with Crippen molar-refractivity contribution in [2.75, 3.05) is 17.7 Å². The van der Waals surface area contributed by atoms with Gasteiger partial charge in [0, 0.05) is 35.8 Å². The number of carbonyl (C=O) groups excluding carboxylic acids is 1. The number of aromatic nitrogens is 3. The molecule has 0 bridgehead atoms. The number of phosphoric acid groups is 1. The van der Waals surface area contributed by atoms with Crippen LogP contribution in [0.3, 0.4) is 0 Å². The molecule has 4 N–H and O–H groups in total. The Balaban J connectivity index is 0.00000342. The van der Waals surface area contributed by atoms with Crippen LogP contribution >= 0.6 is 7.82 Å². The summed E-state index contributed by atoms with van der Waals surface area (Å²) in [5.74, 6) is -0.852. The molecule has 0 aliphatic rings. The van der Waals surface area contributed by atoms with Crippen LogP contribution in [-0.2, 0) is 9.09 Å². The average molecular weight is 508 g/mol. The van der Waals surface area contributed by atoms with E-state index in [1.807, 2.05) is 0 Å². The molecule has 0 aliphatic heterocycles. The van der Waals surface area contributed by atoms with Crippen LogP contribution in [0.4, 0.5) is 23.1 Å². The standard InChI is InChI=1S/C20H19N6O7P.Na/c1-11-10-22-19(24-13-5-3-12(4-6-13)17(21)27)25-18(11)23-14-7-8-16-15(9-14)26(20(28)32-16)33-34(29,30)31-2;/h3-10H,1-2H3,(H2,21,27)(H,29,30)(H2,22,23,24,25);/q;+1/p-1. The van der Waals surface area contributed by atoms with Crippen LogP contribution in [0.2, 0.25) is 0 Å². The predicted molar refractivity (Wildman–Crippen MR) is 120 cm³/mol. The maximum atomic E-state index is 12.0. The molecule has 2 aromatic carbocycles. The Morgan fingerprint density at radius 3 is 2.51 bits per heavy atom. The molecule has 2 heterocycles. The normalized spacial score (nSPS) is 12.4. The molecule has 1 unspecified atom stereocenters. The maximum Gasteiger partial charge on any atom is 1.00 e. The summed E-state index contributed by atoms with van der Waals surface area (Å²) in [5, 5.41) is 6.11. The van der Waals surface area contributed by atoms with Gasteiger partial charge >= 0.3 is 43.1 Å². The van der Waals surface area contributed by atoms with Gasteiger partial charge in [-0.15, -0.1) is 4.73 Å². The Labute approximate surface area is 220 Å². The van der Waals surface area contributed by atoms with Crippen molar-refractivity contribution in [3.8, 4) is 0 Å². The fourth-order valence-corrected chi connectivity index (χ4v) is 3.32. The number of phosphoric ester groups is 1. The molecule has 1 atom stereocenters. The number of nitrogens with zero attached hydrogens (tertiary/aromatic N) is 3. The molecule has 0 saturated carbocycles. The fraction of sp³-hybridized carbons (Fsp3) is 0.100. The van der Waals surface area contributed by atoms with E-state index in [9.17, 15) is 19.0 Å². The van der Waals surface area contributed by atoms with Gasteiger partial charge in [-0.05, 0) is 49.4 Å². The Bertz CT molecular complexity index is 1490. The number of amides is 1. The van der Waals surface area contributed by atoms with Gasteiger partial charge in [0.15, 0.2) is 5.58 Å². The van der Waals surface area contributed by atoms with Gasteiger partial charge in [0.05, 0.1) is 0 Å². The van der Waals surface area contributed by atoms with Crippen LogP contribution in [0.15, 0.2) is 57.9 Å². The number of aryl methyl sites for hydroxylation is 1. The topological polar surface area (TPSA) is 187 Å². The van der Waals surface area contributed by atoms with Gasteiger partial charge < -0.3 is 34.8 Å². The first kappa shape index (κ1) is 26.4. The van der Waals surface area contributed by atoms with E-state index in [-0.39, 0.29) is 46.6 Å². The van der Waals surface area contributed by atoms with Crippen molar-refractivity contribution in [2.24, 2.45) is 5.73 Å². The Hall–Kier alpha value is -3.19. The van der Waals surface area contributed by atoms with Crippen LogP contribution in [-0.4, -0.2) is 27.7 Å². The molecule has 0 fully saturated rings. The largest absolute Gasteiger partial charge is 1.00 e. The van der Waals surface area contributed by atoms with Gasteiger partial charge in [0.25, 0.3) is 0 Å². The van der Waals surface area contributed by atoms with Crippen molar-refractivity contribution in [3.63, 3.8) is 0 Å². The summed E-state index contributed by atoms with van der Waals surface area (Å²) in [6.45, 7) is 1.79. The third-order valence-corrected chi connectivity index (χ3v) is 5.42. The summed E-state index contributed by atoms with van der Waals surface area (Å²) in [5.41, 5.74) is 7.59. The predicted octanol–water partition coefficient (Wildman–Crippen LogP) is -1.17. The van der Waals surface area contributed by atoms with Crippen molar-refractivity contribution >= 4 is 48.0 Å². The number of nitrogens with one attached hydrogen (secondary N) is 2. The number of rotatable bonds is 8. The maximum absolute atomic E-state index is 12.0. The number of primary amides is 1. The smallest absolute Gasteiger partial charge is 0.745 e. The zero-order chi connectivity index (χ0) is 24.5.